The van der Waals surface area contributed by atoms with Crippen molar-refractivity contribution >= 4 is 42.3 Å². The molecule has 120 valence electrons. The maximum atomic E-state index is 11.8. The van der Waals surface area contributed by atoms with Crippen LogP contribution >= 0.6 is 24.8 Å². The van der Waals surface area contributed by atoms with Crippen LogP contribution in [0.1, 0.15) is 24.2 Å². The number of amides is 2. The number of carbonyl (C=O) groups excluding carboxylic acids is 2. The number of nitrogens with zero attached hydrogens (tertiary/aromatic N) is 1. The van der Waals surface area contributed by atoms with E-state index in [0.29, 0.717) is 5.69 Å². The number of hydrogen-bond acceptors (Lipinski definition) is 5. The molecular weight excluding hydrogens is 319 g/mol. The lowest BCUT2D eigenvalue weighted by molar-refractivity contribution is -0.118. The zero-order valence-corrected chi connectivity index (χ0v) is 13.6. The quantitative estimate of drug-likeness (QED) is 0.738. The molecular formula is C12H20Cl2N4O3. The summed E-state index contributed by atoms with van der Waals surface area (Å²) >= 11 is 0. The maximum Gasteiger partial charge on any atom is 0.254 e. The molecule has 5 N–H and O–H groups in total. The van der Waals surface area contributed by atoms with Crippen molar-refractivity contribution in [3.05, 3.63) is 17.8 Å². The number of halogens is 2. The Labute approximate surface area is 135 Å². The molecule has 1 aromatic rings. The van der Waals surface area contributed by atoms with E-state index in [1.165, 1.54) is 19.4 Å². The summed E-state index contributed by atoms with van der Waals surface area (Å²) in [5, 5.41) is 2.58. The third kappa shape index (κ3) is 5.74. The van der Waals surface area contributed by atoms with Crippen molar-refractivity contribution < 1.29 is 14.3 Å². The molecule has 21 heavy (non-hydrogen) atoms. The van der Waals surface area contributed by atoms with E-state index in [2.05, 4.69) is 10.3 Å². The fraction of sp³-hybridized carbons (Fsp3) is 0.417. The zero-order chi connectivity index (χ0) is 14.6. The van der Waals surface area contributed by atoms with Gasteiger partial charge >= 0.3 is 0 Å². The molecule has 1 heterocycles. The molecule has 0 saturated heterocycles. The van der Waals surface area contributed by atoms with Crippen LogP contribution in [0.5, 0.6) is 5.88 Å². The number of carbonyl (C=O) groups is 2. The summed E-state index contributed by atoms with van der Waals surface area (Å²) in [4.78, 5) is 26.9. The normalized spacial score (nSPS) is 10.9. The van der Waals surface area contributed by atoms with Crippen LogP contribution in [0.4, 0.5) is 5.69 Å². The zero-order valence-electron chi connectivity index (χ0n) is 12.0. The first-order chi connectivity index (χ1) is 8.86. The highest BCUT2D eigenvalue weighted by atomic mass is 35.5. The Bertz CT molecular complexity index is 497. The second kappa shape index (κ2) is 9.38. The fourth-order valence-electron chi connectivity index (χ4n) is 1.39. The van der Waals surface area contributed by atoms with Crippen molar-refractivity contribution in [1.29, 1.82) is 0 Å². The molecule has 0 aliphatic rings. The number of nitrogens with one attached hydrogen (secondary N) is 1. The van der Waals surface area contributed by atoms with E-state index in [1.54, 1.807) is 0 Å². The first-order valence-corrected chi connectivity index (χ1v) is 5.77. The first-order valence-electron chi connectivity index (χ1n) is 5.77. The van der Waals surface area contributed by atoms with Gasteiger partial charge in [-0.1, -0.05) is 13.8 Å². The summed E-state index contributed by atoms with van der Waals surface area (Å²) in [5.41, 5.74) is 11.4. The summed E-state index contributed by atoms with van der Waals surface area (Å²) in [6.45, 7) is 3.68. The van der Waals surface area contributed by atoms with Crippen LogP contribution in [0.25, 0.3) is 0 Å². The number of nitrogens with two attached hydrogens (primary N) is 2. The fourth-order valence-corrected chi connectivity index (χ4v) is 1.39. The van der Waals surface area contributed by atoms with Crippen LogP contribution in [0, 0.1) is 5.92 Å². The molecule has 1 rings (SSSR count). The van der Waals surface area contributed by atoms with Crippen molar-refractivity contribution in [1.82, 2.24) is 4.98 Å². The average Bonchev–Trinajstić information content (AvgIpc) is 2.37. The molecule has 0 aliphatic heterocycles. The van der Waals surface area contributed by atoms with Crippen molar-refractivity contribution in [3.8, 4) is 5.88 Å². The van der Waals surface area contributed by atoms with E-state index in [-0.39, 0.29) is 48.1 Å². The van der Waals surface area contributed by atoms with Gasteiger partial charge in [0, 0.05) is 0 Å². The Hall–Kier alpha value is -1.57. The van der Waals surface area contributed by atoms with E-state index >= 15 is 0 Å². The van der Waals surface area contributed by atoms with Gasteiger partial charge in [0.2, 0.25) is 11.8 Å². The highest BCUT2D eigenvalue weighted by molar-refractivity contribution is 5.99. The van der Waals surface area contributed by atoms with Gasteiger partial charge in [-0.2, -0.15) is 0 Å². The molecule has 0 aliphatic carbocycles. The second-order valence-electron chi connectivity index (χ2n) is 4.40. The standard InChI is InChI=1S/C12H18N4O3.2ClH/c1-6(2)9(13)11(18)16-7-4-8(10(14)17)12(19-3)15-5-7;;/h4-6,9H,13H2,1-3H3,(H2,14,17)(H,16,18);2*1H/t9-;;/m0../s1. The van der Waals surface area contributed by atoms with Crippen LogP contribution in [0.15, 0.2) is 12.3 Å². The molecule has 0 spiro atoms. The van der Waals surface area contributed by atoms with Gasteiger partial charge < -0.3 is 21.5 Å². The Morgan fingerprint density at radius 2 is 1.90 bits per heavy atom. The first kappa shape index (κ1) is 21.7. The Morgan fingerprint density at radius 1 is 1.33 bits per heavy atom. The lowest BCUT2D eigenvalue weighted by atomic mass is 10.0. The van der Waals surface area contributed by atoms with Crippen LogP contribution in [0.2, 0.25) is 0 Å². The Kier molecular flexibility index (Phi) is 9.70. The van der Waals surface area contributed by atoms with Gasteiger partial charge in [-0.25, -0.2) is 4.98 Å². The molecule has 0 unspecified atom stereocenters. The van der Waals surface area contributed by atoms with E-state index in [0.717, 1.165) is 0 Å². The molecule has 9 heteroatoms. The highest BCUT2D eigenvalue weighted by Gasteiger charge is 2.18. The Morgan fingerprint density at radius 3 is 2.33 bits per heavy atom. The minimum Gasteiger partial charge on any atom is -0.480 e. The van der Waals surface area contributed by atoms with E-state index in [4.69, 9.17) is 16.2 Å². The lowest BCUT2D eigenvalue weighted by Crippen LogP contribution is -2.39. The highest BCUT2D eigenvalue weighted by Crippen LogP contribution is 2.19. The van der Waals surface area contributed by atoms with Crippen molar-refractivity contribution in [3.63, 3.8) is 0 Å². The predicted molar refractivity (Wildman–Crippen MR) is 85.2 cm³/mol. The second-order valence-corrected chi connectivity index (χ2v) is 4.40. The van der Waals surface area contributed by atoms with Gasteiger partial charge in [0.1, 0.15) is 5.56 Å². The molecule has 0 fully saturated rings. The Balaban J connectivity index is 0. The van der Waals surface area contributed by atoms with Gasteiger partial charge in [0.05, 0.1) is 25.0 Å². The monoisotopic (exact) mass is 338 g/mol. The third-order valence-corrected chi connectivity index (χ3v) is 2.60. The van der Waals surface area contributed by atoms with Gasteiger partial charge in [0.15, 0.2) is 0 Å². The van der Waals surface area contributed by atoms with Gasteiger partial charge in [0.25, 0.3) is 5.91 Å². The van der Waals surface area contributed by atoms with E-state index in [1.807, 2.05) is 13.8 Å². The minimum atomic E-state index is -0.686. The summed E-state index contributed by atoms with van der Waals surface area (Å²) < 4.78 is 4.90. The summed E-state index contributed by atoms with van der Waals surface area (Å²) in [7, 11) is 1.38. The predicted octanol–water partition coefficient (Wildman–Crippen LogP) is 0.954. The number of aromatic nitrogens is 1. The summed E-state index contributed by atoms with van der Waals surface area (Å²) in [5.74, 6) is -0.925. The van der Waals surface area contributed by atoms with E-state index < -0.39 is 11.9 Å². The molecule has 1 atom stereocenters. The molecule has 2 amide bonds. The smallest absolute Gasteiger partial charge is 0.254 e. The van der Waals surface area contributed by atoms with Crippen LogP contribution < -0.4 is 21.5 Å². The molecule has 1 aromatic heterocycles. The lowest BCUT2D eigenvalue weighted by Gasteiger charge is -2.15. The molecule has 7 nitrogen and oxygen atoms in total. The van der Waals surface area contributed by atoms with Gasteiger partial charge in [-0.05, 0) is 12.0 Å². The van der Waals surface area contributed by atoms with Crippen molar-refractivity contribution in [2.45, 2.75) is 19.9 Å². The number of hydrogen-bond donors (Lipinski definition) is 3. The summed E-state index contributed by atoms with van der Waals surface area (Å²) in [6.07, 6.45) is 1.37. The third-order valence-electron chi connectivity index (χ3n) is 2.60. The van der Waals surface area contributed by atoms with Gasteiger partial charge in [-0.15, -0.1) is 24.8 Å². The van der Waals surface area contributed by atoms with Gasteiger partial charge in [-0.3, -0.25) is 9.59 Å². The number of anilines is 1. The van der Waals surface area contributed by atoms with Crippen molar-refractivity contribution in [2.24, 2.45) is 17.4 Å². The SMILES string of the molecule is COc1ncc(NC(=O)[C@@H](N)C(C)C)cc1C(N)=O.Cl.Cl. The number of methoxy groups -OCH3 is 1. The minimum absolute atomic E-state index is 0. The van der Waals surface area contributed by atoms with Crippen LogP contribution in [-0.4, -0.2) is 29.9 Å². The molecule has 0 bridgehead atoms. The number of rotatable bonds is 5. The topological polar surface area (TPSA) is 120 Å². The number of ether oxygens (including phenoxy) is 1. The van der Waals surface area contributed by atoms with Crippen LogP contribution in [-0.2, 0) is 4.79 Å². The molecule has 0 radical (unpaired) electrons. The van der Waals surface area contributed by atoms with Crippen molar-refractivity contribution in [2.75, 3.05) is 12.4 Å². The summed E-state index contributed by atoms with van der Waals surface area (Å²) in [6, 6.07) is 0.762. The average molecular weight is 339 g/mol. The van der Waals surface area contributed by atoms with E-state index in [9.17, 15) is 9.59 Å². The molecule has 0 saturated carbocycles. The maximum absolute atomic E-state index is 11.8. The van der Waals surface area contributed by atoms with Crippen LogP contribution in [0.3, 0.4) is 0 Å². The molecule has 0 aromatic carbocycles. The number of pyridine rings is 1. The largest absolute Gasteiger partial charge is 0.480 e. The number of primary amides is 1.